The third-order valence-electron chi connectivity index (χ3n) is 2.73. The van der Waals surface area contributed by atoms with Crippen LogP contribution >= 0.6 is 0 Å². The molecule has 0 saturated heterocycles. The van der Waals surface area contributed by atoms with Gasteiger partial charge < -0.3 is 5.11 Å². The van der Waals surface area contributed by atoms with Crippen molar-refractivity contribution < 1.29 is 9.50 Å². The highest BCUT2D eigenvalue weighted by Crippen LogP contribution is 2.36. The van der Waals surface area contributed by atoms with Gasteiger partial charge >= 0.3 is 0 Å². The SMILES string of the molecule is OCC1CC1N1CCC=C(F)C1. The number of rotatable bonds is 2. The van der Waals surface area contributed by atoms with E-state index < -0.39 is 0 Å². The maximum absolute atomic E-state index is 12.8. The summed E-state index contributed by atoms with van der Waals surface area (Å²) in [6.45, 7) is 1.67. The van der Waals surface area contributed by atoms with Gasteiger partial charge in [0, 0.05) is 19.2 Å². The molecule has 0 amide bonds. The van der Waals surface area contributed by atoms with Crippen molar-refractivity contribution in [1.29, 1.82) is 0 Å². The van der Waals surface area contributed by atoms with Crippen LogP contribution in [0.4, 0.5) is 4.39 Å². The van der Waals surface area contributed by atoms with Gasteiger partial charge in [-0.15, -0.1) is 0 Å². The Morgan fingerprint density at radius 3 is 3.08 bits per heavy atom. The molecule has 0 radical (unpaired) electrons. The number of aliphatic hydroxyl groups is 1. The third kappa shape index (κ3) is 1.52. The molecular weight excluding hydrogens is 157 g/mol. The van der Waals surface area contributed by atoms with Crippen LogP contribution in [0.1, 0.15) is 12.8 Å². The van der Waals surface area contributed by atoms with Crippen molar-refractivity contribution >= 4 is 0 Å². The van der Waals surface area contributed by atoms with Crippen LogP contribution in [0.5, 0.6) is 0 Å². The second-order valence-electron chi connectivity index (χ2n) is 3.66. The summed E-state index contributed by atoms with van der Waals surface area (Å²) in [7, 11) is 0. The van der Waals surface area contributed by atoms with Crippen LogP contribution < -0.4 is 0 Å². The zero-order valence-electron chi connectivity index (χ0n) is 7.04. The van der Waals surface area contributed by atoms with Gasteiger partial charge in [0.2, 0.25) is 0 Å². The van der Waals surface area contributed by atoms with Gasteiger partial charge in [0.25, 0.3) is 0 Å². The summed E-state index contributed by atoms with van der Waals surface area (Å²) in [5, 5.41) is 8.84. The molecule has 1 heterocycles. The molecule has 2 unspecified atom stereocenters. The van der Waals surface area contributed by atoms with Crippen LogP contribution in [0.3, 0.4) is 0 Å². The molecule has 0 aromatic carbocycles. The maximum Gasteiger partial charge on any atom is 0.110 e. The molecule has 2 atom stereocenters. The predicted molar refractivity (Wildman–Crippen MR) is 44.4 cm³/mol. The monoisotopic (exact) mass is 171 g/mol. The van der Waals surface area contributed by atoms with Crippen molar-refractivity contribution in [2.45, 2.75) is 18.9 Å². The standard InChI is InChI=1S/C9H14FNO/c10-8-2-1-3-11(5-8)9-4-7(9)6-12/h2,7,9,12H,1,3-6H2. The number of hydrogen-bond donors (Lipinski definition) is 1. The summed E-state index contributed by atoms with van der Waals surface area (Å²) in [5.41, 5.74) is 0. The van der Waals surface area contributed by atoms with E-state index >= 15 is 0 Å². The van der Waals surface area contributed by atoms with Crippen molar-refractivity contribution in [2.24, 2.45) is 5.92 Å². The van der Waals surface area contributed by atoms with Crippen LogP contribution in [0, 0.1) is 5.92 Å². The Bertz CT molecular complexity index is 205. The predicted octanol–water partition coefficient (Wildman–Crippen LogP) is 0.926. The molecule has 3 heteroatoms. The summed E-state index contributed by atoms with van der Waals surface area (Å²) in [6, 6.07) is 0.453. The highest BCUT2D eigenvalue weighted by atomic mass is 19.1. The Kier molecular flexibility index (Phi) is 2.15. The Morgan fingerprint density at radius 2 is 2.50 bits per heavy atom. The molecule has 12 heavy (non-hydrogen) atoms. The molecule has 1 saturated carbocycles. The zero-order chi connectivity index (χ0) is 8.55. The highest BCUT2D eigenvalue weighted by molar-refractivity contribution is 5.05. The van der Waals surface area contributed by atoms with Crippen LogP contribution in [0.15, 0.2) is 11.9 Å². The molecule has 1 fully saturated rings. The first kappa shape index (κ1) is 8.20. The fraction of sp³-hybridized carbons (Fsp3) is 0.778. The van der Waals surface area contributed by atoms with E-state index in [9.17, 15) is 4.39 Å². The Labute approximate surface area is 71.7 Å². The van der Waals surface area contributed by atoms with E-state index in [4.69, 9.17) is 5.11 Å². The minimum absolute atomic E-state index is 0.00941. The normalized spacial score (nSPS) is 36.3. The van der Waals surface area contributed by atoms with E-state index in [2.05, 4.69) is 4.90 Å². The van der Waals surface area contributed by atoms with Crippen LogP contribution in [0.2, 0.25) is 0 Å². The number of hydrogen-bond acceptors (Lipinski definition) is 2. The van der Waals surface area contributed by atoms with E-state index in [1.807, 2.05) is 0 Å². The van der Waals surface area contributed by atoms with Gasteiger partial charge in [-0.1, -0.05) is 6.08 Å². The minimum atomic E-state index is -0.00941. The van der Waals surface area contributed by atoms with Crippen LogP contribution in [-0.2, 0) is 0 Å². The highest BCUT2D eigenvalue weighted by Gasteiger charge is 2.41. The first-order chi connectivity index (χ1) is 5.81. The van der Waals surface area contributed by atoms with E-state index in [0.717, 1.165) is 19.4 Å². The molecule has 2 nitrogen and oxygen atoms in total. The molecule has 0 spiro atoms. The molecule has 2 aliphatic rings. The average molecular weight is 171 g/mol. The second-order valence-corrected chi connectivity index (χ2v) is 3.66. The van der Waals surface area contributed by atoms with E-state index in [1.54, 1.807) is 6.08 Å². The first-order valence-corrected chi connectivity index (χ1v) is 4.50. The minimum Gasteiger partial charge on any atom is -0.396 e. The summed E-state index contributed by atoms with van der Waals surface area (Å²) >= 11 is 0. The van der Waals surface area contributed by atoms with Crippen LogP contribution in [0.25, 0.3) is 0 Å². The maximum atomic E-state index is 12.8. The molecular formula is C9H14FNO. The lowest BCUT2D eigenvalue weighted by atomic mass is 10.2. The lowest BCUT2D eigenvalue weighted by Crippen LogP contribution is -2.32. The van der Waals surface area contributed by atoms with Gasteiger partial charge in [-0.2, -0.15) is 0 Å². The fourth-order valence-electron chi connectivity index (χ4n) is 1.88. The summed E-state index contributed by atoms with van der Waals surface area (Å²) in [4.78, 5) is 2.14. The number of halogens is 1. The molecule has 1 aliphatic carbocycles. The van der Waals surface area contributed by atoms with Crippen molar-refractivity contribution in [3.8, 4) is 0 Å². The van der Waals surface area contributed by atoms with E-state index in [1.165, 1.54) is 0 Å². The zero-order valence-corrected chi connectivity index (χ0v) is 7.04. The van der Waals surface area contributed by atoms with Crippen molar-refractivity contribution in [1.82, 2.24) is 4.90 Å². The smallest absolute Gasteiger partial charge is 0.110 e. The van der Waals surface area contributed by atoms with Gasteiger partial charge in [-0.25, -0.2) is 4.39 Å². The van der Waals surface area contributed by atoms with Gasteiger partial charge in [0.05, 0.1) is 6.54 Å². The lowest BCUT2D eigenvalue weighted by molar-refractivity contribution is 0.213. The Hall–Kier alpha value is -0.410. The summed E-state index contributed by atoms with van der Waals surface area (Å²) in [5.74, 6) is 0.403. The lowest BCUT2D eigenvalue weighted by Gasteiger charge is -2.24. The molecule has 0 aromatic rings. The number of aliphatic hydroxyl groups excluding tert-OH is 1. The fourth-order valence-corrected chi connectivity index (χ4v) is 1.88. The largest absolute Gasteiger partial charge is 0.396 e. The van der Waals surface area contributed by atoms with Crippen molar-refractivity contribution in [2.75, 3.05) is 19.7 Å². The van der Waals surface area contributed by atoms with E-state index in [-0.39, 0.29) is 12.4 Å². The van der Waals surface area contributed by atoms with Crippen molar-refractivity contribution in [3.05, 3.63) is 11.9 Å². The van der Waals surface area contributed by atoms with Gasteiger partial charge in [-0.3, -0.25) is 4.90 Å². The molecule has 68 valence electrons. The third-order valence-corrected chi connectivity index (χ3v) is 2.73. The van der Waals surface area contributed by atoms with Gasteiger partial charge in [-0.05, 0) is 18.8 Å². The first-order valence-electron chi connectivity index (χ1n) is 4.50. The summed E-state index contributed by atoms with van der Waals surface area (Å²) in [6.07, 6.45) is 3.52. The van der Waals surface area contributed by atoms with Crippen LogP contribution in [-0.4, -0.2) is 35.7 Å². The quantitative estimate of drug-likeness (QED) is 0.668. The molecule has 1 N–H and O–H groups in total. The molecule has 0 aromatic heterocycles. The second kappa shape index (κ2) is 3.15. The van der Waals surface area contributed by atoms with Crippen molar-refractivity contribution in [3.63, 3.8) is 0 Å². The van der Waals surface area contributed by atoms with E-state index in [0.29, 0.717) is 18.5 Å². The Balaban J connectivity index is 1.87. The molecule has 2 rings (SSSR count). The van der Waals surface area contributed by atoms with Gasteiger partial charge in [0.15, 0.2) is 0 Å². The van der Waals surface area contributed by atoms with Gasteiger partial charge in [0.1, 0.15) is 5.83 Å². The summed E-state index contributed by atoms with van der Waals surface area (Å²) < 4.78 is 12.8. The topological polar surface area (TPSA) is 23.5 Å². The average Bonchev–Trinajstić information content (AvgIpc) is 2.83. The molecule has 1 aliphatic heterocycles. The Morgan fingerprint density at radius 1 is 1.67 bits per heavy atom. The molecule has 0 bridgehead atoms. The number of nitrogens with zero attached hydrogens (tertiary/aromatic N) is 1.